The summed E-state index contributed by atoms with van der Waals surface area (Å²) in [6.07, 6.45) is 3.60. The molecule has 4 rings (SSSR count). The minimum atomic E-state index is -3.73. The van der Waals surface area contributed by atoms with Gasteiger partial charge in [0.1, 0.15) is 10.6 Å². The summed E-state index contributed by atoms with van der Waals surface area (Å²) in [5, 5.41) is 0.814. The molecule has 0 unspecified atom stereocenters. The summed E-state index contributed by atoms with van der Waals surface area (Å²) in [5.41, 5.74) is 3.36. The number of anilines is 1. The Balaban J connectivity index is 1.97. The van der Waals surface area contributed by atoms with E-state index in [9.17, 15) is 8.42 Å². The zero-order valence-corrected chi connectivity index (χ0v) is 18.8. The van der Waals surface area contributed by atoms with Crippen LogP contribution in [0.1, 0.15) is 30.9 Å². The molecule has 5 nitrogen and oxygen atoms in total. The van der Waals surface area contributed by atoms with Gasteiger partial charge in [-0.25, -0.2) is 8.42 Å². The van der Waals surface area contributed by atoms with Gasteiger partial charge < -0.3 is 9.64 Å². The van der Waals surface area contributed by atoms with Crippen LogP contribution in [0, 0.1) is 19.8 Å². The van der Waals surface area contributed by atoms with Gasteiger partial charge in [-0.1, -0.05) is 13.0 Å². The summed E-state index contributed by atoms with van der Waals surface area (Å²) >= 11 is 0. The number of pyridine rings is 1. The zero-order chi connectivity index (χ0) is 21.5. The molecule has 0 spiro atoms. The van der Waals surface area contributed by atoms with Gasteiger partial charge in [-0.3, -0.25) is 4.98 Å². The number of benzene rings is 2. The first-order chi connectivity index (χ1) is 14.3. The predicted molar refractivity (Wildman–Crippen MR) is 120 cm³/mol. The van der Waals surface area contributed by atoms with E-state index >= 15 is 0 Å². The predicted octanol–water partition coefficient (Wildman–Crippen LogP) is 4.93. The fourth-order valence-corrected chi connectivity index (χ4v) is 5.86. The normalized spacial score (nSPS) is 15.5. The molecule has 2 aromatic carbocycles. The number of sulfone groups is 1. The summed E-state index contributed by atoms with van der Waals surface area (Å²) in [4.78, 5) is 7.29. The van der Waals surface area contributed by atoms with Crippen molar-refractivity contribution in [3.05, 3.63) is 53.7 Å². The maximum absolute atomic E-state index is 13.8. The van der Waals surface area contributed by atoms with E-state index in [1.807, 2.05) is 38.1 Å². The summed E-state index contributed by atoms with van der Waals surface area (Å²) < 4.78 is 33.0. The fraction of sp³-hybridized carbons (Fsp3) is 0.375. The molecular formula is C24H28N2O3S. The van der Waals surface area contributed by atoms with Crippen LogP contribution in [0.25, 0.3) is 10.9 Å². The van der Waals surface area contributed by atoms with E-state index in [0.29, 0.717) is 16.6 Å². The first-order valence-electron chi connectivity index (χ1n) is 10.3. The summed E-state index contributed by atoms with van der Waals surface area (Å²) in [7, 11) is -2.12. The van der Waals surface area contributed by atoms with Gasteiger partial charge in [0.05, 0.1) is 23.2 Å². The van der Waals surface area contributed by atoms with Gasteiger partial charge >= 0.3 is 0 Å². The fourth-order valence-electron chi connectivity index (χ4n) is 4.24. The highest BCUT2D eigenvalue weighted by Crippen LogP contribution is 2.39. The smallest absolute Gasteiger partial charge is 0.210 e. The second-order valence-electron chi connectivity index (χ2n) is 8.35. The molecule has 0 atom stereocenters. The number of rotatable bonds is 4. The van der Waals surface area contributed by atoms with Crippen LogP contribution in [0.2, 0.25) is 0 Å². The highest BCUT2D eigenvalue weighted by molar-refractivity contribution is 7.91. The average Bonchev–Trinajstić information content (AvgIpc) is 2.72. The van der Waals surface area contributed by atoms with Gasteiger partial charge in [-0.05, 0) is 74.1 Å². The van der Waals surface area contributed by atoms with E-state index in [4.69, 9.17) is 4.74 Å². The van der Waals surface area contributed by atoms with Gasteiger partial charge in [-0.15, -0.1) is 0 Å². The molecule has 158 valence electrons. The highest BCUT2D eigenvalue weighted by Gasteiger charge is 2.29. The van der Waals surface area contributed by atoms with Gasteiger partial charge in [-0.2, -0.15) is 0 Å². The number of fused-ring (bicyclic) bond motifs is 1. The Morgan fingerprint density at radius 3 is 2.33 bits per heavy atom. The van der Waals surface area contributed by atoms with Crippen LogP contribution in [-0.2, 0) is 9.84 Å². The van der Waals surface area contributed by atoms with Crippen LogP contribution in [-0.4, -0.2) is 33.6 Å². The molecule has 0 amide bonds. The summed E-state index contributed by atoms with van der Waals surface area (Å²) in [6.45, 7) is 7.74. The van der Waals surface area contributed by atoms with E-state index in [-0.39, 0.29) is 4.90 Å². The van der Waals surface area contributed by atoms with Crippen molar-refractivity contribution >= 4 is 26.4 Å². The van der Waals surface area contributed by atoms with Crippen LogP contribution >= 0.6 is 0 Å². The number of aromatic nitrogens is 1. The lowest BCUT2D eigenvalue weighted by Crippen LogP contribution is -2.34. The number of methoxy groups -OCH3 is 1. The van der Waals surface area contributed by atoms with Gasteiger partial charge in [0.2, 0.25) is 9.84 Å². The Bertz CT molecular complexity index is 1180. The molecule has 0 saturated carbocycles. The molecule has 1 saturated heterocycles. The van der Waals surface area contributed by atoms with E-state index < -0.39 is 9.84 Å². The van der Waals surface area contributed by atoms with Gasteiger partial charge in [0.25, 0.3) is 0 Å². The lowest BCUT2D eigenvalue weighted by Gasteiger charge is -2.34. The third-order valence-corrected chi connectivity index (χ3v) is 7.64. The Morgan fingerprint density at radius 2 is 1.70 bits per heavy atom. The van der Waals surface area contributed by atoms with E-state index in [1.165, 1.54) is 6.20 Å². The Hall–Kier alpha value is -2.60. The molecule has 1 fully saturated rings. The van der Waals surface area contributed by atoms with E-state index in [1.54, 1.807) is 19.2 Å². The van der Waals surface area contributed by atoms with E-state index in [0.717, 1.165) is 53.6 Å². The van der Waals surface area contributed by atoms with Crippen LogP contribution in [0.5, 0.6) is 5.75 Å². The Labute approximate surface area is 178 Å². The Kier molecular flexibility index (Phi) is 5.45. The van der Waals surface area contributed by atoms with Crippen molar-refractivity contribution in [1.29, 1.82) is 0 Å². The van der Waals surface area contributed by atoms with Crippen LogP contribution in [0.15, 0.2) is 52.4 Å². The molecule has 0 radical (unpaired) electrons. The number of ether oxygens (including phenoxy) is 1. The minimum absolute atomic E-state index is 0.266. The van der Waals surface area contributed by atoms with Gasteiger partial charge in [0, 0.05) is 24.7 Å². The summed E-state index contributed by atoms with van der Waals surface area (Å²) in [5.74, 6) is 1.33. The maximum atomic E-state index is 13.8. The van der Waals surface area contributed by atoms with Crippen molar-refractivity contribution in [3.8, 4) is 5.75 Å². The van der Waals surface area contributed by atoms with Crippen LogP contribution in [0.4, 0.5) is 5.69 Å². The standard InChI is InChI=1S/C24H28N2O3S/c1-16-7-9-26(10-8-16)24-21-14-19(29-4)5-6-22(21)25-15-23(24)30(27,28)20-12-17(2)11-18(3)13-20/h5-6,11-16H,7-10H2,1-4H3. The number of nitrogens with zero attached hydrogens (tertiary/aromatic N) is 2. The number of piperidine rings is 1. The average molecular weight is 425 g/mol. The molecule has 1 aromatic heterocycles. The van der Waals surface area contributed by atoms with Crippen molar-refractivity contribution in [3.63, 3.8) is 0 Å². The Morgan fingerprint density at radius 1 is 1.03 bits per heavy atom. The minimum Gasteiger partial charge on any atom is -0.497 e. The lowest BCUT2D eigenvalue weighted by molar-refractivity contribution is 0.415. The SMILES string of the molecule is COc1ccc2ncc(S(=O)(=O)c3cc(C)cc(C)c3)c(N3CCC(C)CC3)c2c1. The summed E-state index contributed by atoms with van der Waals surface area (Å²) in [6, 6.07) is 11.1. The molecule has 1 aliphatic heterocycles. The van der Waals surface area contributed by atoms with Crippen molar-refractivity contribution in [2.45, 2.75) is 43.4 Å². The second-order valence-corrected chi connectivity index (χ2v) is 10.3. The van der Waals surface area contributed by atoms with Crippen molar-refractivity contribution in [1.82, 2.24) is 4.98 Å². The number of hydrogen-bond donors (Lipinski definition) is 0. The largest absolute Gasteiger partial charge is 0.497 e. The topological polar surface area (TPSA) is 59.5 Å². The second kappa shape index (κ2) is 7.91. The molecule has 1 aliphatic rings. The molecule has 6 heteroatoms. The first kappa shape index (κ1) is 20.7. The number of hydrogen-bond acceptors (Lipinski definition) is 5. The zero-order valence-electron chi connectivity index (χ0n) is 18.0. The monoisotopic (exact) mass is 424 g/mol. The van der Waals surface area contributed by atoms with Gasteiger partial charge in [0.15, 0.2) is 0 Å². The van der Waals surface area contributed by atoms with Crippen molar-refractivity contribution < 1.29 is 13.2 Å². The molecule has 3 aromatic rings. The third kappa shape index (κ3) is 3.76. The number of aryl methyl sites for hydroxylation is 2. The van der Waals surface area contributed by atoms with Crippen LogP contribution in [0.3, 0.4) is 0 Å². The molecule has 30 heavy (non-hydrogen) atoms. The molecule has 2 heterocycles. The molecule has 0 aliphatic carbocycles. The highest BCUT2D eigenvalue weighted by atomic mass is 32.2. The van der Waals surface area contributed by atoms with Crippen molar-refractivity contribution in [2.24, 2.45) is 5.92 Å². The molecule has 0 N–H and O–H groups in total. The molecule has 0 bridgehead atoms. The maximum Gasteiger partial charge on any atom is 0.210 e. The third-order valence-electron chi connectivity index (χ3n) is 5.91. The van der Waals surface area contributed by atoms with Crippen molar-refractivity contribution in [2.75, 3.05) is 25.1 Å². The van der Waals surface area contributed by atoms with E-state index in [2.05, 4.69) is 16.8 Å². The quantitative estimate of drug-likeness (QED) is 0.594. The first-order valence-corrected chi connectivity index (χ1v) is 11.8. The lowest BCUT2D eigenvalue weighted by atomic mass is 9.98. The van der Waals surface area contributed by atoms with Crippen LogP contribution < -0.4 is 9.64 Å². The molecular weight excluding hydrogens is 396 g/mol.